The summed E-state index contributed by atoms with van der Waals surface area (Å²) in [7, 11) is 1.70. The van der Waals surface area contributed by atoms with E-state index in [0.717, 1.165) is 65.8 Å². The smallest absolute Gasteiger partial charge is 0.328 e. The van der Waals surface area contributed by atoms with Crippen molar-refractivity contribution in [3.8, 4) is 11.5 Å². The quantitative estimate of drug-likeness (QED) is 0.137. The molecule has 0 amide bonds. The normalized spacial score (nSPS) is 11.6. The number of carbonyl (C=O) groups is 2. The number of methoxy groups -OCH3 is 1. The summed E-state index contributed by atoms with van der Waals surface area (Å²) in [6.45, 7) is 5.64. The monoisotopic (exact) mass is 557 g/mol. The highest BCUT2D eigenvalue weighted by molar-refractivity contribution is 7.09. The average Bonchev–Trinajstić information content (AvgIpc) is 3.43. The number of benzene rings is 1. The molecule has 1 unspecified atom stereocenters. The van der Waals surface area contributed by atoms with Crippen molar-refractivity contribution in [2.24, 2.45) is 5.73 Å². The van der Waals surface area contributed by atoms with Crippen molar-refractivity contribution in [1.29, 1.82) is 0 Å². The van der Waals surface area contributed by atoms with Gasteiger partial charge in [-0.2, -0.15) is 0 Å². The van der Waals surface area contributed by atoms with E-state index in [2.05, 4.69) is 41.7 Å². The predicted molar refractivity (Wildman–Crippen MR) is 156 cm³/mol. The number of pyridine rings is 1. The van der Waals surface area contributed by atoms with E-state index in [4.69, 9.17) is 25.4 Å². The van der Waals surface area contributed by atoms with Crippen molar-refractivity contribution < 1.29 is 29.3 Å². The van der Waals surface area contributed by atoms with Gasteiger partial charge in [-0.25, -0.2) is 9.59 Å². The number of aromatic nitrogens is 1. The highest BCUT2D eigenvalue weighted by atomic mass is 32.1. The van der Waals surface area contributed by atoms with Gasteiger partial charge in [-0.3, -0.25) is 4.98 Å². The molecule has 0 saturated carbocycles. The number of carboxylic acid groups (broad SMARTS) is 2. The van der Waals surface area contributed by atoms with Crippen LogP contribution in [0.3, 0.4) is 0 Å². The lowest BCUT2D eigenvalue weighted by molar-refractivity contribution is -0.134. The molecular formula is C29H39N3O6S. The molecule has 0 saturated heterocycles. The van der Waals surface area contributed by atoms with Gasteiger partial charge in [0, 0.05) is 35.3 Å². The zero-order valence-corrected chi connectivity index (χ0v) is 23.6. The lowest BCUT2D eigenvalue weighted by Crippen LogP contribution is -2.17. The molecule has 212 valence electrons. The Kier molecular flexibility index (Phi) is 13.8. The third kappa shape index (κ3) is 10.9. The summed E-state index contributed by atoms with van der Waals surface area (Å²) in [5, 5.41) is 22.4. The topological polar surface area (TPSA) is 144 Å². The van der Waals surface area contributed by atoms with Gasteiger partial charge in [0.25, 0.3) is 0 Å². The number of unbranched alkanes of at least 4 members (excludes halogenated alkanes) is 2. The van der Waals surface area contributed by atoms with Gasteiger partial charge in [0.15, 0.2) is 11.5 Å². The van der Waals surface area contributed by atoms with Crippen LogP contribution in [0.5, 0.6) is 11.5 Å². The van der Waals surface area contributed by atoms with Crippen molar-refractivity contribution in [3.63, 3.8) is 0 Å². The molecule has 9 nitrogen and oxygen atoms in total. The van der Waals surface area contributed by atoms with Gasteiger partial charge in [0.05, 0.1) is 30.3 Å². The number of fused-ring (bicyclic) bond motifs is 1. The fraction of sp³-hybridized carbons (Fsp3) is 0.414. The summed E-state index contributed by atoms with van der Waals surface area (Å²) in [5.74, 6) is -0.975. The van der Waals surface area contributed by atoms with Gasteiger partial charge in [0.2, 0.25) is 0 Å². The average molecular weight is 558 g/mol. The number of carboxylic acids is 2. The van der Waals surface area contributed by atoms with Crippen LogP contribution in [-0.4, -0.2) is 53.4 Å². The highest BCUT2D eigenvalue weighted by Crippen LogP contribution is 2.41. The molecule has 0 aliphatic rings. The van der Waals surface area contributed by atoms with Crippen LogP contribution in [-0.2, 0) is 16.0 Å². The largest absolute Gasteiger partial charge is 0.493 e. The summed E-state index contributed by atoms with van der Waals surface area (Å²) < 4.78 is 12.0. The first-order valence-corrected chi connectivity index (χ1v) is 13.9. The first-order valence-electron chi connectivity index (χ1n) is 13.0. The van der Waals surface area contributed by atoms with Crippen LogP contribution >= 0.6 is 11.3 Å². The van der Waals surface area contributed by atoms with Crippen LogP contribution < -0.4 is 20.5 Å². The van der Waals surface area contributed by atoms with Gasteiger partial charge in [-0.1, -0.05) is 6.07 Å². The minimum Gasteiger partial charge on any atom is -0.493 e. The van der Waals surface area contributed by atoms with Crippen LogP contribution in [0.25, 0.3) is 10.9 Å². The van der Waals surface area contributed by atoms with E-state index >= 15 is 0 Å². The van der Waals surface area contributed by atoms with Crippen LogP contribution in [0, 0.1) is 6.92 Å². The second-order valence-corrected chi connectivity index (χ2v) is 10.1. The van der Waals surface area contributed by atoms with Crippen molar-refractivity contribution in [1.82, 2.24) is 4.98 Å². The summed E-state index contributed by atoms with van der Waals surface area (Å²) >= 11 is 1.83. The number of thiophene rings is 1. The van der Waals surface area contributed by atoms with Crippen molar-refractivity contribution in [3.05, 3.63) is 58.4 Å². The molecule has 0 spiro atoms. The summed E-state index contributed by atoms with van der Waals surface area (Å²) in [6.07, 6.45) is 9.47. The van der Waals surface area contributed by atoms with E-state index in [1.807, 2.05) is 29.7 Å². The number of aryl methyl sites for hydroxylation is 2. The van der Waals surface area contributed by atoms with Gasteiger partial charge >= 0.3 is 11.9 Å². The Bertz CT molecular complexity index is 1200. The second kappa shape index (κ2) is 17.1. The van der Waals surface area contributed by atoms with Crippen molar-refractivity contribution in [2.75, 3.05) is 25.6 Å². The van der Waals surface area contributed by atoms with Crippen LogP contribution in [0.15, 0.2) is 48.0 Å². The molecule has 10 heteroatoms. The Labute approximate surface area is 233 Å². The Morgan fingerprint density at radius 2 is 1.90 bits per heavy atom. The molecule has 5 N–H and O–H groups in total. The van der Waals surface area contributed by atoms with Gasteiger partial charge < -0.3 is 30.7 Å². The van der Waals surface area contributed by atoms with Gasteiger partial charge in [0.1, 0.15) is 0 Å². The number of nitrogens with two attached hydrogens (primary N) is 1. The minimum atomic E-state index is -1.26. The molecule has 1 atom stereocenters. The lowest BCUT2D eigenvalue weighted by atomic mass is 10.1. The molecule has 0 radical (unpaired) electrons. The highest BCUT2D eigenvalue weighted by Gasteiger charge is 2.18. The maximum atomic E-state index is 9.55. The van der Waals surface area contributed by atoms with Gasteiger partial charge in [-0.05, 0) is 82.0 Å². The molecule has 3 aromatic rings. The number of anilines is 1. The predicted octanol–water partition coefficient (Wildman–Crippen LogP) is 5.66. The first-order chi connectivity index (χ1) is 18.8. The number of rotatable bonds is 15. The Morgan fingerprint density at radius 3 is 2.51 bits per heavy atom. The molecule has 2 heterocycles. The standard InChI is InChI=1S/C25H35N3O2S.C4H4O4/c1-18-12-14-27-24-21(28-19(2)9-7-13-26)17-22(29-3)25(23(18)24)30-15-6-4-5-10-20-11-8-16-31-20;5-3(6)1-2-4(7)8/h8,11-12,14,16-17,19,28H,4-7,9-10,13,15,26H2,1-3H3;1-2H,(H,5,6)(H,7,8)/b;2-1+. The summed E-state index contributed by atoms with van der Waals surface area (Å²) in [5.41, 5.74) is 8.70. The minimum absolute atomic E-state index is 0.300. The third-order valence-electron chi connectivity index (χ3n) is 5.87. The molecule has 0 bridgehead atoms. The molecule has 0 aliphatic heterocycles. The van der Waals surface area contributed by atoms with E-state index in [-0.39, 0.29) is 0 Å². The third-order valence-corrected chi connectivity index (χ3v) is 6.80. The fourth-order valence-corrected chi connectivity index (χ4v) is 4.70. The van der Waals surface area contributed by atoms with Gasteiger partial charge in [-0.15, -0.1) is 11.3 Å². The fourth-order valence-electron chi connectivity index (χ4n) is 3.95. The number of aliphatic carboxylic acids is 2. The molecule has 39 heavy (non-hydrogen) atoms. The maximum absolute atomic E-state index is 9.55. The summed E-state index contributed by atoms with van der Waals surface area (Å²) in [6, 6.07) is 8.67. The number of nitrogens with one attached hydrogen (secondary N) is 1. The van der Waals surface area contributed by atoms with Crippen LogP contribution in [0.4, 0.5) is 5.69 Å². The number of ether oxygens (including phenoxy) is 2. The number of nitrogens with zero attached hydrogens (tertiary/aromatic N) is 1. The van der Waals surface area contributed by atoms with E-state index in [1.165, 1.54) is 11.3 Å². The number of hydrogen-bond acceptors (Lipinski definition) is 8. The Morgan fingerprint density at radius 1 is 1.15 bits per heavy atom. The first kappa shape index (κ1) is 31.6. The lowest BCUT2D eigenvalue weighted by Gasteiger charge is -2.20. The van der Waals surface area contributed by atoms with Crippen LogP contribution in [0.1, 0.15) is 49.5 Å². The Balaban J connectivity index is 0.000000580. The molecule has 0 fully saturated rings. The van der Waals surface area contributed by atoms with Crippen LogP contribution in [0.2, 0.25) is 0 Å². The van der Waals surface area contributed by atoms with E-state index in [1.54, 1.807) is 7.11 Å². The molecule has 3 rings (SSSR count). The zero-order chi connectivity index (χ0) is 28.6. The van der Waals surface area contributed by atoms with Crippen molar-refractivity contribution in [2.45, 2.75) is 58.4 Å². The second-order valence-electron chi connectivity index (χ2n) is 9.03. The van der Waals surface area contributed by atoms with Crippen molar-refractivity contribution >= 4 is 39.9 Å². The molecule has 2 aromatic heterocycles. The Hall–Kier alpha value is -3.63. The molecule has 1 aromatic carbocycles. The SMILES string of the molecule is COc1cc(NC(C)CCCN)c2nccc(C)c2c1OCCCCCc1cccs1.O=C(O)/C=C/C(=O)O. The van der Waals surface area contributed by atoms with E-state index in [9.17, 15) is 9.59 Å². The summed E-state index contributed by atoms with van der Waals surface area (Å²) in [4.78, 5) is 25.2. The van der Waals surface area contributed by atoms with E-state index in [0.29, 0.717) is 31.3 Å². The van der Waals surface area contributed by atoms with E-state index < -0.39 is 11.9 Å². The molecule has 0 aliphatic carbocycles. The molecular weight excluding hydrogens is 518 g/mol. The zero-order valence-electron chi connectivity index (χ0n) is 22.8. The maximum Gasteiger partial charge on any atom is 0.328 e. The number of hydrogen-bond donors (Lipinski definition) is 4.